The fourth-order valence-electron chi connectivity index (χ4n) is 1.03. The predicted octanol–water partition coefficient (Wildman–Crippen LogP) is 1.47. The molecule has 0 aromatic heterocycles. The van der Waals surface area contributed by atoms with Crippen LogP contribution in [0.4, 0.5) is 0 Å². The maximum absolute atomic E-state index is 10.2. The minimum absolute atomic E-state index is 0.400. The summed E-state index contributed by atoms with van der Waals surface area (Å²) in [7, 11) is 3.02. The number of para-hydroxylation sites is 1. The normalized spacial score (nSPS) is 9.46. The SMILES string of the molecule is COc1cccc(OC[O])c1OC. The Hall–Kier alpha value is -1.42. The van der Waals surface area contributed by atoms with E-state index < -0.39 is 6.79 Å². The Bertz CT molecular complexity index is 272. The lowest BCUT2D eigenvalue weighted by Gasteiger charge is -2.11. The molecular formula is C9H11O4. The molecule has 0 amide bonds. The first kappa shape index (κ1) is 9.67. The van der Waals surface area contributed by atoms with Crippen molar-refractivity contribution < 1.29 is 19.3 Å². The van der Waals surface area contributed by atoms with E-state index in [9.17, 15) is 5.11 Å². The van der Waals surface area contributed by atoms with Crippen molar-refractivity contribution in [3.63, 3.8) is 0 Å². The number of rotatable bonds is 4. The Morgan fingerprint density at radius 3 is 2.38 bits per heavy atom. The lowest BCUT2D eigenvalue weighted by atomic mass is 10.3. The predicted molar refractivity (Wildman–Crippen MR) is 45.7 cm³/mol. The summed E-state index contributed by atoms with van der Waals surface area (Å²) in [6.45, 7) is -0.635. The second-order valence-electron chi connectivity index (χ2n) is 2.25. The highest BCUT2D eigenvalue weighted by molar-refractivity contribution is 5.50. The summed E-state index contributed by atoms with van der Waals surface area (Å²) >= 11 is 0. The van der Waals surface area contributed by atoms with E-state index in [1.165, 1.54) is 14.2 Å². The van der Waals surface area contributed by atoms with E-state index in [1.54, 1.807) is 18.2 Å². The number of ether oxygens (including phenoxy) is 3. The van der Waals surface area contributed by atoms with Gasteiger partial charge in [-0.1, -0.05) is 6.07 Å². The van der Waals surface area contributed by atoms with E-state index >= 15 is 0 Å². The van der Waals surface area contributed by atoms with Crippen molar-refractivity contribution in [2.75, 3.05) is 21.0 Å². The van der Waals surface area contributed by atoms with Crippen molar-refractivity contribution in [3.05, 3.63) is 18.2 Å². The van der Waals surface area contributed by atoms with Crippen LogP contribution in [0.25, 0.3) is 0 Å². The van der Waals surface area contributed by atoms with Crippen molar-refractivity contribution in [3.8, 4) is 17.2 Å². The van der Waals surface area contributed by atoms with Gasteiger partial charge in [0.05, 0.1) is 14.2 Å². The molecule has 0 saturated heterocycles. The zero-order valence-electron chi connectivity index (χ0n) is 7.57. The molecule has 0 aliphatic heterocycles. The van der Waals surface area contributed by atoms with Crippen LogP contribution >= 0.6 is 0 Å². The topological polar surface area (TPSA) is 47.6 Å². The van der Waals surface area contributed by atoms with Crippen molar-refractivity contribution in [2.24, 2.45) is 0 Å². The third kappa shape index (κ3) is 2.03. The minimum atomic E-state index is -0.635. The zero-order valence-corrected chi connectivity index (χ0v) is 7.57. The molecule has 0 bridgehead atoms. The monoisotopic (exact) mass is 183 g/mol. The van der Waals surface area contributed by atoms with Gasteiger partial charge in [0.1, 0.15) is 0 Å². The molecule has 0 N–H and O–H groups in total. The summed E-state index contributed by atoms with van der Waals surface area (Å²) in [4.78, 5) is 0. The summed E-state index contributed by atoms with van der Waals surface area (Å²) in [5.41, 5.74) is 0. The van der Waals surface area contributed by atoms with Crippen LogP contribution in [0.2, 0.25) is 0 Å². The maximum atomic E-state index is 10.2. The molecule has 1 radical (unpaired) electrons. The second-order valence-corrected chi connectivity index (χ2v) is 2.25. The summed E-state index contributed by atoms with van der Waals surface area (Å²) < 4.78 is 14.9. The van der Waals surface area contributed by atoms with E-state index in [0.717, 1.165) is 0 Å². The largest absolute Gasteiger partial charge is 0.493 e. The quantitative estimate of drug-likeness (QED) is 0.664. The van der Waals surface area contributed by atoms with Gasteiger partial charge in [-0.25, -0.2) is 0 Å². The third-order valence-corrected chi connectivity index (χ3v) is 1.58. The van der Waals surface area contributed by atoms with Crippen LogP contribution in [0.5, 0.6) is 17.2 Å². The van der Waals surface area contributed by atoms with E-state index in [4.69, 9.17) is 14.2 Å². The van der Waals surface area contributed by atoms with Crippen LogP contribution in [0, 0.1) is 0 Å². The van der Waals surface area contributed by atoms with Gasteiger partial charge in [0.2, 0.25) is 12.5 Å². The summed E-state index contributed by atoms with van der Waals surface area (Å²) in [5, 5.41) is 10.2. The molecule has 4 nitrogen and oxygen atoms in total. The Morgan fingerprint density at radius 1 is 1.15 bits per heavy atom. The highest BCUT2D eigenvalue weighted by Crippen LogP contribution is 2.36. The molecule has 4 heteroatoms. The molecule has 0 saturated carbocycles. The number of hydrogen-bond donors (Lipinski definition) is 0. The first-order valence-corrected chi connectivity index (χ1v) is 3.75. The number of hydrogen-bond acceptors (Lipinski definition) is 3. The average Bonchev–Trinajstić information content (AvgIpc) is 2.18. The third-order valence-electron chi connectivity index (χ3n) is 1.58. The molecule has 0 atom stereocenters. The summed E-state index contributed by atoms with van der Waals surface area (Å²) in [5.74, 6) is 1.39. The van der Waals surface area contributed by atoms with E-state index in [0.29, 0.717) is 17.2 Å². The molecule has 1 aromatic carbocycles. The van der Waals surface area contributed by atoms with Crippen LogP contribution in [-0.4, -0.2) is 21.0 Å². The van der Waals surface area contributed by atoms with Gasteiger partial charge >= 0.3 is 0 Å². The van der Waals surface area contributed by atoms with Gasteiger partial charge in [0.25, 0.3) is 0 Å². The fourth-order valence-corrected chi connectivity index (χ4v) is 1.03. The molecule has 0 spiro atoms. The molecule has 0 aliphatic rings. The fraction of sp³-hybridized carbons (Fsp3) is 0.333. The highest BCUT2D eigenvalue weighted by atomic mass is 16.6. The van der Waals surface area contributed by atoms with Crippen molar-refractivity contribution in [1.29, 1.82) is 0 Å². The van der Waals surface area contributed by atoms with Gasteiger partial charge in [-0.15, -0.1) is 0 Å². The van der Waals surface area contributed by atoms with Crippen LogP contribution in [-0.2, 0) is 5.11 Å². The average molecular weight is 183 g/mol. The smallest absolute Gasteiger partial charge is 0.221 e. The first-order valence-electron chi connectivity index (χ1n) is 3.75. The Balaban J connectivity index is 3.03. The Kier molecular flexibility index (Phi) is 3.40. The van der Waals surface area contributed by atoms with Crippen molar-refractivity contribution >= 4 is 0 Å². The van der Waals surface area contributed by atoms with Gasteiger partial charge in [-0.3, -0.25) is 0 Å². The van der Waals surface area contributed by atoms with Gasteiger partial charge in [-0.05, 0) is 12.1 Å². The van der Waals surface area contributed by atoms with Gasteiger partial charge < -0.3 is 14.2 Å². The standard InChI is InChI=1S/C9H11O4/c1-11-7-4-3-5-8(13-6-10)9(7)12-2/h3-5H,6H2,1-2H3. The Morgan fingerprint density at radius 2 is 1.85 bits per heavy atom. The summed E-state index contributed by atoms with van der Waals surface area (Å²) in [6.07, 6.45) is 0. The molecule has 1 rings (SSSR count). The molecule has 0 heterocycles. The molecule has 0 fully saturated rings. The molecule has 13 heavy (non-hydrogen) atoms. The van der Waals surface area contributed by atoms with E-state index in [2.05, 4.69) is 0 Å². The molecular weight excluding hydrogens is 172 g/mol. The molecule has 71 valence electrons. The Labute approximate surface area is 76.7 Å². The maximum Gasteiger partial charge on any atom is 0.221 e. The van der Waals surface area contributed by atoms with Gasteiger partial charge in [0, 0.05) is 0 Å². The number of methoxy groups -OCH3 is 2. The second kappa shape index (κ2) is 4.57. The lowest BCUT2D eigenvalue weighted by Crippen LogP contribution is -1.98. The molecule has 0 aliphatic carbocycles. The van der Waals surface area contributed by atoms with Crippen LogP contribution in [0.1, 0.15) is 0 Å². The van der Waals surface area contributed by atoms with Crippen molar-refractivity contribution in [1.82, 2.24) is 0 Å². The lowest BCUT2D eigenvalue weighted by molar-refractivity contribution is 0.0355. The van der Waals surface area contributed by atoms with Gasteiger partial charge in [0.15, 0.2) is 11.5 Å². The van der Waals surface area contributed by atoms with E-state index in [1.807, 2.05) is 0 Å². The molecule has 1 aromatic rings. The highest BCUT2D eigenvalue weighted by Gasteiger charge is 2.09. The van der Waals surface area contributed by atoms with Crippen molar-refractivity contribution in [2.45, 2.75) is 0 Å². The van der Waals surface area contributed by atoms with Gasteiger partial charge in [-0.2, -0.15) is 5.11 Å². The minimum Gasteiger partial charge on any atom is -0.493 e. The number of benzene rings is 1. The zero-order chi connectivity index (χ0) is 9.68. The van der Waals surface area contributed by atoms with Crippen LogP contribution in [0.15, 0.2) is 18.2 Å². The van der Waals surface area contributed by atoms with Crippen LogP contribution in [0.3, 0.4) is 0 Å². The van der Waals surface area contributed by atoms with Crippen LogP contribution < -0.4 is 14.2 Å². The summed E-state index contributed by atoms with van der Waals surface area (Å²) in [6, 6.07) is 5.11. The molecule has 0 unspecified atom stereocenters. The van der Waals surface area contributed by atoms with E-state index in [-0.39, 0.29) is 0 Å². The first-order chi connectivity index (χ1) is 6.33.